The molecule has 0 aliphatic heterocycles. The molecule has 0 atom stereocenters. The van der Waals surface area contributed by atoms with E-state index in [1.807, 2.05) is 52.4 Å². The zero-order valence-corrected chi connectivity index (χ0v) is 15.5. The highest BCUT2D eigenvalue weighted by molar-refractivity contribution is 7.14. The van der Waals surface area contributed by atoms with Gasteiger partial charge < -0.3 is 9.64 Å². The van der Waals surface area contributed by atoms with Gasteiger partial charge in [-0.05, 0) is 44.5 Å². The molecular formula is C18H23N3O2S. The van der Waals surface area contributed by atoms with Gasteiger partial charge in [-0.15, -0.1) is 11.3 Å². The summed E-state index contributed by atoms with van der Waals surface area (Å²) in [5.74, 6) is 0. The number of carbonyl (C=O) groups is 1. The van der Waals surface area contributed by atoms with E-state index in [0.717, 1.165) is 16.9 Å². The molecule has 6 heteroatoms. The number of carbonyl (C=O) groups excluding carboxylic acids is 1. The number of thiazole rings is 1. The second-order valence-corrected chi connectivity index (χ2v) is 7.38. The lowest BCUT2D eigenvalue weighted by Gasteiger charge is -2.18. The van der Waals surface area contributed by atoms with Gasteiger partial charge in [-0.25, -0.2) is 9.78 Å². The number of anilines is 2. The van der Waals surface area contributed by atoms with E-state index in [2.05, 4.69) is 39.5 Å². The van der Waals surface area contributed by atoms with Crippen molar-refractivity contribution in [2.75, 3.05) is 24.3 Å². The van der Waals surface area contributed by atoms with Crippen LogP contribution in [0.5, 0.6) is 0 Å². The van der Waals surface area contributed by atoms with Crippen molar-refractivity contribution in [3.63, 3.8) is 0 Å². The van der Waals surface area contributed by atoms with Crippen LogP contribution < -0.4 is 10.2 Å². The molecule has 1 aromatic carbocycles. The predicted octanol–water partition coefficient (Wildman–Crippen LogP) is 4.73. The van der Waals surface area contributed by atoms with Gasteiger partial charge in [0.1, 0.15) is 5.60 Å². The molecule has 0 radical (unpaired) electrons. The van der Waals surface area contributed by atoms with Crippen LogP contribution in [0, 0.1) is 0 Å². The number of aromatic nitrogens is 1. The molecule has 1 aromatic heterocycles. The molecule has 1 amide bonds. The molecule has 128 valence electrons. The van der Waals surface area contributed by atoms with Crippen LogP contribution in [-0.2, 0) is 4.74 Å². The highest BCUT2D eigenvalue weighted by Gasteiger charge is 2.17. The third-order valence-corrected chi connectivity index (χ3v) is 3.76. The first-order chi connectivity index (χ1) is 11.2. The minimum atomic E-state index is -0.525. The van der Waals surface area contributed by atoms with Crippen LogP contribution in [-0.4, -0.2) is 30.8 Å². The highest BCUT2D eigenvalue weighted by atomic mass is 32.1. The maximum Gasteiger partial charge on any atom is 0.413 e. The van der Waals surface area contributed by atoms with Gasteiger partial charge in [0.15, 0.2) is 5.13 Å². The monoisotopic (exact) mass is 345 g/mol. The van der Waals surface area contributed by atoms with Crippen molar-refractivity contribution in [1.29, 1.82) is 0 Å². The number of amides is 1. The predicted molar refractivity (Wildman–Crippen MR) is 102 cm³/mol. The van der Waals surface area contributed by atoms with Crippen LogP contribution in [0.4, 0.5) is 15.6 Å². The van der Waals surface area contributed by atoms with E-state index < -0.39 is 11.7 Å². The molecule has 0 spiro atoms. The molecule has 2 aromatic rings. The van der Waals surface area contributed by atoms with Crippen molar-refractivity contribution >= 4 is 40.4 Å². The molecule has 24 heavy (non-hydrogen) atoms. The van der Waals surface area contributed by atoms with E-state index >= 15 is 0 Å². The van der Waals surface area contributed by atoms with Gasteiger partial charge in [0.05, 0.1) is 5.69 Å². The van der Waals surface area contributed by atoms with Crippen LogP contribution in [0.3, 0.4) is 0 Å². The summed E-state index contributed by atoms with van der Waals surface area (Å²) in [7, 11) is 4.03. The average Bonchev–Trinajstić information content (AvgIpc) is 2.91. The number of ether oxygens (including phenoxy) is 1. The van der Waals surface area contributed by atoms with E-state index in [1.54, 1.807) is 0 Å². The Morgan fingerprint density at radius 2 is 1.88 bits per heavy atom. The maximum absolute atomic E-state index is 11.7. The Morgan fingerprint density at radius 3 is 2.46 bits per heavy atom. The molecular weight excluding hydrogens is 322 g/mol. The summed E-state index contributed by atoms with van der Waals surface area (Å²) >= 11 is 1.36. The van der Waals surface area contributed by atoms with Gasteiger partial charge in [-0.3, -0.25) is 5.32 Å². The minimum Gasteiger partial charge on any atom is -0.444 e. The number of nitrogens with zero attached hydrogens (tertiary/aromatic N) is 2. The Kier molecular flexibility index (Phi) is 5.62. The molecule has 0 aliphatic carbocycles. The third kappa shape index (κ3) is 5.70. The van der Waals surface area contributed by atoms with E-state index in [4.69, 9.17) is 4.74 Å². The summed E-state index contributed by atoms with van der Waals surface area (Å²) in [6.07, 6.45) is 3.42. The summed E-state index contributed by atoms with van der Waals surface area (Å²) in [6.45, 7) is 5.47. The van der Waals surface area contributed by atoms with Crippen molar-refractivity contribution < 1.29 is 9.53 Å². The van der Waals surface area contributed by atoms with Crippen LogP contribution in [0.2, 0.25) is 0 Å². The number of nitrogens with one attached hydrogen (secondary N) is 1. The van der Waals surface area contributed by atoms with Gasteiger partial charge in [-0.2, -0.15) is 0 Å². The Labute approximate surface area is 147 Å². The number of hydrogen-bond acceptors (Lipinski definition) is 5. The zero-order chi connectivity index (χ0) is 17.7. The SMILES string of the molecule is CN(C)c1ccc(C=Cc2csc(NC(=O)OC(C)(C)C)n2)cc1. The van der Waals surface area contributed by atoms with Gasteiger partial charge in [0.25, 0.3) is 0 Å². The van der Waals surface area contributed by atoms with Crippen molar-refractivity contribution in [2.24, 2.45) is 0 Å². The summed E-state index contributed by atoms with van der Waals surface area (Å²) < 4.78 is 5.21. The van der Waals surface area contributed by atoms with Gasteiger partial charge in [0.2, 0.25) is 0 Å². The molecule has 0 bridgehead atoms. The molecule has 5 nitrogen and oxygen atoms in total. The number of benzene rings is 1. The Bertz CT molecular complexity index is 713. The zero-order valence-electron chi connectivity index (χ0n) is 14.7. The summed E-state index contributed by atoms with van der Waals surface area (Å²) in [6, 6.07) is 8.24. The van der Waals surface area contributed by atoms with Crippen LogP contribution in [0.25, 0.3) is 12.2 Å². The molecule has 0 saturated heterocycles. The van der Waals surface area contributed by atoms with E-state index in [9.17, 15) is 4.79 Å². The quantitative estimate of drug-likeness (QED) is 0.870. The van der Waals surface area contributed by atoms with Crippen molar-refractivity contribution in [1.82, 2.24) is 4.98 Å². The fourth-order valence-corrected chi connectivity index (χ4v) is 2.54. The molecule has 0 saturated carbocycles. The summed E-state index contributed by atoms with van der Waals surface area (Å²) in [5, 5.41) is 5.05. The fourth-order valence-electron chi connectivity index (χ4n) is 1.88. The normalized spacial score (nSPS) is 11.5. The van der Waals surface area contributed by atoms with E-state index in [1.165, 1.54) is 11.3 Å². The summed E-state index contributed by atoms with van der Waals surface area (Å²) in [5.41, 5.74) is 2.52. The first-order valence-electron chi connectivity index (χ1n) is 7.64. The van der Waals surface area contributed by atoms with Gasteiger partial charge in [-0.1, -0.05) is 18.2 Å². The van der Waals surface area contributed by atoms with Gasteiger partial charge >= 0.3 is 6.09 Å². The first-order valence-corrected chi connectivity index (χ1v) is 8.52. The fraction of sp³-hybridized carbons (Fsp3) is 0.333. The second-order valence-electron chi connectivity index (χ2n) is 6.52. The Balaban J connectivity index is 1.96. The van der Waals surface area contributed by atoms with E-state index in [0.29, 0.717) is 5.13 Å². The van der Waals surface area contributed by atoms with Crippen LogP contribution in [0.1, 0.15) is 32.0 Å². The third-order valence-electron chi connectivity index (χ3n) is 2.99. The highest BCUT2D eigenvalue weighted by Crippen LogP contribution is 2.19. The first kappa shape index (κ1) is 18.0. The van der Waals surface area contributed by atoms with Crippen molar-refractivity contribution in [2.45, 2.75) is 26.4 Å². The molecule has 0 fully saturated rings. The Morgan fingerprint density at radius 1 is 1.21 bits per heavy atom. The second kappa shape index (κ2) is 7.49. The Hall–Kier alpha value is -2.34. The topological polar surface area (TPSA) is 54.5 Å². The minimum absolute atomic E-state index is 0.494. The summed E-state index contributed by atoms with van der Waals surface area (Å²) in [4.78, 5) is 18.1. The molecule has 0 unspecified atom stereocenters. The molecule has 0 aliphatic rings. The number of rotatable bonds is 4. The lowest BCUT2D eigenvalue weighted by Crippen LogP contribution is -2.27. The lowest BCUT2D eigenvalue weighted by atomic mass is 10.2. The molecule has 1 N–H and O–H groups in total. The van der Waals surface area contributed by atoms with Crippen LogP contribution in [0.15, 0.2) is 29.6 Å². The largest absolute Gasteiger partial charge is 0.444 e. The van der Waals surface area contributed by atoms with Gasteiger partial charge in [0, 0.05) is 25.2 Å². The van der Waals surface area contributed by atoms with E-state index in [-0.39, 0.29) is 0 Å². The van der Waals surface area contributed by atoms with Crippen molar-refractivity contribution in [3.8, 4) is 0 Å². The lowest BCUT2D eigenvalue weighted by molar-refractivity contribution is 0.0636. The standard InChI is InChI=1S/C18H23N3O2S/c1-18(2,3)23-17(22)20-16-19-14(12-24-16)9-6-13-7-10-15(11-8-13)21(4)5/h6-12H,1-5H3,(H,19,20,22). The number of hydrogen-bond donors (Lipinski definition) is 1. The van der Waals surface area contributed by atoms with Crippen molar-refractivity contribution in [3.05, 3.63) is 40.9 Å². The maximum atomic E-state index is 11.7. The smallest absolute Gasteiger partial charge is 0.413 e. The molecule has 2 rings (SSSR count). The van der Waals surface area contributed by atoms with Crippen LogP contribution >= 0.6 is 11.3 Å². The average molecular weight is 345 g/mol. The molecule has 1 heterocycles.